The van der Waals surface area contributed by atoms with E-state index >= 15 is 0 Å². The summed E-state index contributed by atoms with van der Waals surface area (Å²) in [6, 6.07) is 4.45. The number of aliphatic hydroxyl groups excluding tert-OH is 1. The van der Waals surface area contributed by atoms with Gasteiger partial charge in [0.1, 0.15) is 5.69 Å². The number of nitrogens with zero attached hydrogens (tertiary/aromatic N) is 3. The van der Waals surface area contributed by atoms with Crippen molar-refractivity contribution >= 4 is 17.5 Å². The maximum atomic E-state index is 13.9. The minimum atomic E-state index is -0.790. The van der Waals surface area contributed by atoms with Crippen LogP contribution in [0.25, 0.3) is 5.69 Å². The second kappa shape index (κ2) is 5.79. The van der Waals surface area contributed by atoms with Crippen molar-refractivity contribution in [1.82, 2.24) is 20.3 Å². The lowest BCUT2D eigenvalue weighted by Gasteiger charge is -2.22. The van der Waals surface area contributed by atoms with Gasteiger partial charge in [-0.2, -0.15) is 0 Å². The van der Waals surface area contributed by atoms with E-state index in [2.05, 4.69) is 15.6 Å². The van der Waals surface area contributed by atoms with Crippen LogP contribution in [0, 0.1) is 5.82 Å². The molecule has 112 valence electrons. The first kappa shape index (κ1) is 15.4. The zero-order chi connectivity index (χ0) is 15.6. The molecule has 1 aromatic heterocycles. The molecular formula is C13H14ClFN4O2. The number of hydrogen-bond acceptors (Lipinski definition) is 4. The number of rotatable bonds is 4. The number of benzene rings is 1. The van der Waals surface area contributed by atoms with E-state index in [0.29, 0.717) is 0 Å². The van der Waals surface area contributed by atoms with Gasteiger partial charge < -0.3 is 10.4 Å². The molecule has 6 nitrogen and oxygen atoms in total. The maximum Gasteiger partial charge on any atom is 0.273 e. The molecule has 0 fully saturated rings. The van der Waals surface area contributed by atoms with Crippen molar-refractivity contribution in [2.45, 2.75) is 19.4 Å². The number of hydrogen-bond donors (Lipinski definition) is 2. The van der Waals surface area contributed by atoms with Gasteiger partial charge in [0.05, 0.1) is 23.4 Å². The summed E-state index contributed by atoms with van der Waals surface area (Å²) in [5, 5.41) is 19.1. The molecule has 21 heavy (non-hydrogen) atoms. The molecule has 0 aliphatic rings. The Hall–Kier alpha value is -1.99. The number of halogens is 2. The summed E-state index contributed by atoms with van der Waals surface area (Å²) in [6.07, 6.45) is 1.29. The molecule has 0 saturated heterocycles. The van der Waals surface area contributed by atoms with Gasteiger partial charge >= 0.3 is 0 Å². The van der Waals surface area contributed by atoms with Crippen LogP contribution < -0.4 is 5.32 Å². The van der Waals surface area contributed by atoms with Gasteiger partial charge in [-0.15, -0.1) is 5.10 Å². The summed E-state index contributed by atoms with van der Waals surface area (Å²) in [6.45, 7) is 3.09. The van der Waals surface area contributed by atoms with Gasteiger partial charge in [-0.1, -0.05) is 22.9 Å². The summed E-state index contributed by atoms with van der Waals surface area (Å²) in [5.41, 5.74) is -0.686. The molecule has 1 aromatic carbocycles. The Morgan fingerprint density at radius 1 is 1.52 bits per heavy atom. The van der Waals surface area contributed by atoms with Crippen molar-refractivity contribution in [3.63, 3.8) is 0 Å². The van der Waals surface area contributed by atoms with E-state index in [1.54, 1.807) is 19.9 Å². The molecule has 0 aliphatic heterocycles. The van der Waals surface area contributed by atoms with Crippen LogP contribution in [-0.2, 0) is 0 Å². The average molecular weight is 313 g/mol. The fourth-order valence-corrected chi connectivity index (χ4v) is 1.74. The van der Waals surface area contributed by atoms with E-state index in [-0.39, 0.29) is 23.0 Å². The van der Waals surface area contributed by atoms with Gasteiger partial charge in [0.2, 0.25) is 0 Å². The monoisotopic (exact) mass is 312 g/mol. The zero-order valence-corrected chi connectivity index (χ0v) is 12.2. The first-order valence-corrected chi connectivity index (χ1v) is 6.52. The average Bonchev–Trinajstić information content (AvgIpc) is 2.91. The van der Waals surface area contributed by atoms with Crippen LogP contribution in [0.1, 0.15) is 24.3 Å². The fourth-order valence-electron chi connectivity index (χ4n) is 1.57. The summed E-state index contributed by atoms with van der Waals surface area (Å²) < 4.78 is 15.0. The number of aromatic nitrogens is 3. The third-order valence-electron chi connectivity index (χ3n) is 2.75. The number of aliphatic hydroxyl groups is 1. The van der Waals surface area contributed by atoms with E-state index in [9.17, 15) is 9.18 Å². The third-order valence-corrected chi connectivity index (χ3v) is 3.04. The first-order chi connectivity index (χ1) is 9.84. The third kappa shape index (κ3) is 3.37. The largest absolute Gasteiger partial charge is 0.394 e. The lowest BCUT2D eigenvalue weighted by atomic mass is 10.1. The van der Waals surface area contributed by atoms with Gasteiger partial charge in [-0.3, -0.25) is 4.79 Å². The highest BCUT2D eigenvalue weighted by atomic mass is 35.5. The van der Waals surface area contributed by atoms with Crippen LogP contribution in [0.15, 0.2) is 24.4 Å². The van der Waals surface area contributed by atoms with Crippen LogP contribution in [0.4, 0.5) is 4.39 Å². The number of carbonyl (C=O) groups is 1. The predicted octanol–water partition coefficient (Wildman–Crippen LogP) is 1.56. The molecule has 0 unspecified atom stereocenters. The Labute approximate surface area is 125 Å². The SMILES string of the molecule is CC(C)(CO)NC(=O)c1cn(-c2cccc(Cl)c2F)nn1. The molecule has 0 spiro atoms. The Bertz CT molecular complexity index is 672. The molecule has 8 heteroatoms. The summed E-state index contributed by atoms with van der Waals surface area (Å²) >= 11 is 5.70. The molecule has 2 rings (SSSR count). The Balaban J connectivity index is 2.26. The van der Waals surface area contributed by atoms with Gasteiger partial charge in [-0.05, 0) is 26.0 Å². The van der Waals surface area contributed by atoms with Crippen LogP contribution in [0.2, 0.25) is 5.02 Å². The molecule has 2 aromatic rings. The highest BCUT2D eigenvalue weighted by molar-refractivity contribution is 6.30. The van der Waals surface area contributed by atoms with Crippen molar-refractivity contribution in [2.24, 2.45) is 0 Å². The van der Waals surface area contributed by atoms with Crippen LogP contribution in [0.3, 0.4) is 0 Å². The van der Waals surface area contributed by atoms with Crippen molar-refractivity contribution < 1.29 is 14.3 Å². The number of carbonyl (C=O) groups excluding carboxylic acids is 1. The highest BCUT2D eigenvalue weighted by Crippen LogP contribution is 2.20. The lowest BCUT2D eigenvalue weighted by Crippen LogP contribution is -2.46. The molecule has 1 amide bonds. The van der Waals surface area contributed by atoms with E-state index in [1.165, 1.54) is 18.3 Å². The first-order valence-electron chi connectivity index (χ1n) is 6.14. The van der Waals surface area contributed by atoms with Crippen molar-refractivity contribution in [3.05, 3.63) is 40.9 Å². The normalized spacial score (nSPS) is 11.5. The predicted molar refractivity (Wildman–Crippen MR) is 75.0 cm³/mol. The minimum Gasteiger partial charge on any atom is -0.394 e. The highest BCUT2D eigenvalue weighted by Gasteiger charge is 2.22. The summed E-state index contributed by atoms with van der Waals surface area (Å²) in [5.74, 6) is -1.16. The molecule has 2 N–H and O–H groups in total. The van der Waals surface area contributed by atoms with Crippen LogP contribution in [0.5, 0.6) is 0 Å². The molecule has 0 atom stereocenters. The minimum absolute atomic E-state index is 0.0101. The summed E-state index contributed by atoms with van der Waals surface area (Å²) in [4.78, 5) is 12.0. The van der Waals surface area contributed by atoms with E-state index < -0.39 is 17.3 Å². The fraction of sp³-hybridized carbons (Fsp3) is 0.308. The lowest BCUT2D eigenvalue weighted by molar-refractivity contribution is 0.0864. The van der Waals surface area contributed by atoms with Crippen molar-refractivity contribution in [3.8, 4) is 5.69 Å². The van der Waals surface area contributed by atoms with Crippen LogP contribution >= 0.6 is 11.6 Å². The standard InChI is InChI=1S/C13H14ClFN4O2/c1-13(2,7-20)16-12(21)9-6-19(18-17-9)10-5-3-4-8(14)11(10)15/h3-6,20H,7H2,1-2H3,(H,16,21). The Morgan fingerprint density at radius 3 is 2.90 bits per heavy atom. The molecule has 1 heterocycles. The van der Waals surface area contributed by atoms with Gasteiger partial charge in [0.25, 0.3) is 5.91 Å². The van der Waals surface area contributed by atoms with E-state index in [4.69, 9.17) is 16.7 Å². The second-order valence-electron chi connectivity index (χ2n) is 5.12. The molecule has 0 radical (unpaired) electrons. The molecule has 0 aliphatic carbocycles. The number of nitrogens with one attached hydrogen (secondary N) is 1. The van der Waals surface area contributed by atoms with Crippen molar-refractivity contribution in [1.29, 1.82) is 0 Å². The van der Waals surface area contributed by atoms with Crippen molar-refractivity contribution in [2.75, 3.05) is 6.61 Å². The number of amides is 1. The topological polar surface area (TPSA) is 80.0 Å². The maximum absolute atomic E-state index is 13.9. The Morgan fingerprint density at radius 2 is 2.24 bits per heavy atom. The van der Waals surface area contributed by atoms with Gasteiger partial charge in [0.15, 0.2) is 11.5 Å². The van der Waals surface area contributed by atoms with E-state index in [1.807, 2.05) is 0 Å². The molecular weight excluding hydrogens is 299 g/mol. The second-order valence-corrected chi connectivity index (χ2v) is 5.52. The van der Waals surface area contributed by atoms with E-state index in [0.717, 1.165) is 4.68 Å². The Kier molecular flexibility index (Phi) is 4.24. The molecule has 0 saturated carbocycles. The molecule has 0 bridgehead atoms. The van der Waals surface area contributed by atoms with Gasteiger partial charge in [0, 0.05) is 0 Å². The van der Waals surface area contributed by atoms with Crippen LogP contribution in [-0.4, -0.2) is 38.2 Å². The quantitative estimate of drug-likeness (QED) is 0.898. The smallest absolute Gasteiger partial charge is 0.273 e. The van der Waals surface area contributed by atoms with Gasteiger partial charge in [-0.25, -0.2) is 9.07 Å². The zero-order valence-electron chi connectivity index (χ0n) is 11.5. The summed E-state index contributed by atoms with van der Waals surface area (Å²) in [7, 11) is 0.